The van der Waals surface area contributed by atoms with Crippen molar-refractivity contribution in [3.05, 3.63) is 59.9 Å². The van der Waals surface area contributed by atoms with Gasteiger partial charge < -0.3 is 10.6 Å². The molecule has 1 atom stereocenters. The summed E-state index contributed by atoms with van der Waals surface area (Å²) in [6, 6.07) is 13.5. The molecular formula is C15H15N3O. The molecule has 1 amide bonds. The Morgan fingerprint density at radius 3 is 2.89 bits per heavy atom. The van der Waals surface area contributed by atoms with E-state index in [9.17, 15) is 4.79 Å². The summed E-state index contributed by atoms with van der Waals surface area (Å²) < 4.78 is 0. The monoisotopic (exact) mass is 253 g/mol. The lowest BCUT2D eigenvalue weighted by atomic mass is 10.1. The van der Waals surface area contributed by atoms with Crippen LogP contribution in [0.5, 0.6) is 0 Å². The van der Waals surface area contributed by atoms with Gasteiger partial charge in [-0.1, -0.05) is 24.3 Å². The lowest BCUT2D eigenvalue weighted by Crippen LogP contribution is -2.38. The minimum Gasteiger partial charge on any atom is -0.373 e. The van der Waals surface area contributed by atoms with E-state index in [4.69, 9.17) is 0 Å². The van der Waals surface area contributed by atoms with Gasteiger partial charge in [0.2, 0.25) is 5.91 Å². The Morgan fingerprint density at radius 1 is 1.26 bits per heavy atom. The van der Waals surface area contributed by atoms with Gasteiger partial charge in [0.15, 0.2) is 0 Å². The van der Waals surface area contributed by atoms with Crippen LogP contribution in [0.25, 0.3) is 0 Å². The molecule has 96 valence electrons. The summed E-state index contributed by atoms with van der Waals surface area (Å²) in [4.78, 5) is 16.3. The van der Waals surface area contributed by atoms with E-state index in [1.54, 1.807) is 6.20 Å². The molecule has 2 heterocycles. The van der Waals surface area contributed by atoms with Crippen LogP contribution in [0.15, 0.2) is 48.7 Å². The molecule has 0 saturated carbocycles. The number of aromatic nitrogens is 1. The van der Waals surface area contributed by atoms with Crippen molar-refractivity contribution in [1.82, 2.24) is 10.3 Å². The van der Waals surface area contributed by atoms with E-state index in [0.717, 1.165) is 17.8 Å². The molecule has 3 rings (SSSR count). The van der Waals surface area contributed by atoms with Crippen molar-refractivity contribution in [2.45, 2.75) is 19.0 Å². The fourth-order valence-corrected chi connectivity index (χ4v) is 2.26. The second-order valence-electron chi connectivity index (χ2n) is 4.60. The van der Waals surface area contributed by atoms with E-state index in [1.165, 1.54) is 5.56 Å². The largest absolute Gasteiger partial charge is 0.373 e. The summed E-state index contributed by atoms with van der Waals surface area (Å²) in [5.74, 6) is 0.0156. The summed E-state index contributed by atoms with van der Waals surface area (Å²) in [7, 11) is 0. The van der Waals surface area contributed by atoms with Crippen LogP contribution in [0.3, 0.4) is 0 Å². The van der Waals surface area contributed by atoms with Crippen LogP contribution in [0, 0.1) is 0 Å². The predicted molar refractivity (Wildman–Crippen MR) is 73.6 cm³/mol. The average Bonchev–Trinajstić information content (AvgIpc) is 2.90. The second-order valence-corrected chi connectivity index (χ2v) is 4.60. The molecule has 0 bridgehead atoms. The third-order valence-electron chi connectivity index (χ3n) is 3.26. The zero-order valence-corrected chi connectivity index (χ0v) is 10.5. The van der Waals surface area contributed by atoms with E-state index >= 15 is 0 Å². The van der Waals surface area contributed by atoms with Gasteiger partial charge in [-0.2, -0.15) is 0 Å². The first-order chi connectivity index (χ1) is 9.33. The van der Waals surface area contributed by atoms with Crippen molar-refractivity contribution in [3.63, 3.8) is 0 Å². The van der Waals surface area contributed by atoms with Gasteiger partial charge >= 0.3 is 0 Å². The third-order valence-corrected chi connectivity index (χ3v) is 3.26. The van der Waals surface area contributed by atoms with Crippen molar-refractivity contribution in [1.29, 1.82) is 0 Å². The number of carbonyl (C=O) groups excluding carboxylic acids is 1. The SMILES string of the molecule is O=C(NCc1ccccn1)[C@@H]1Cc2ccccc2N1. The number of benzene rings is 1. The van der Waals surface area contributed by atoms with Gasteiger partial charge in [-0.15, -0.1) is 0 Å². The van der Waals surface area contributed by atoms with Crippen LogP contribution in [0.1, 0.15) is 11.3 Å². The van der Waals surface area contributed by atoms with Gasteiger partial charge in [0.1, 0.15) is 6.04 Å². The quantitative estimate of drug-likeness (QED) is 0.876. The molecule has 1 aromatic heterocycles. The molecule has 1 aromatic carbocycles. The molecule has 0 aliphatic carbocycles. The topological polar surface area (TPSA) is 54.0 Å². The molecule has 2 aromatic rings. The van der Waals surface area contributed by atoms with Gasteiger partial charge in [-0.05, 0) is 23.8 Å². The highest BCUT2D eigenvalue weighted by atomic mass is 16.2. The van der Waals surface area contributed by atoms with Crippen LogP contribution in [-0.4, -0.2) is 16.9 Å². The number of anilines is 1. The molecule has 0 spiro atoms. The van der Waals surface area contributed by atoms with Gasteiger partial charge in [-0.3, -0.25) is 9.78 Å². The predicted octanol–water partition coefficient (Wildman–Crippen LogP) is 1.73. The molecule has 19 heavy (non-hydrogen) atoms. The number of carbonyl (C=O) groups is 1. The number of pyridine rings is 1. The summed E-state index contributed by atoms with van der Waals surface area (Å²) >= 11 is 0. The lowest BCUT2D eigenvalue weighted by molar-refractivity contribution is -0.121. The highest BCUT2D eigenvalue weighted by Gasteiger charge is 2.25. The Kier molecular flexibility index (Phi) is 3.14. The summed E-state index contributed by atoms with van der Waals surface area (Å²) in [6.45, 7) is 0.466. The van der Waals surface area contributed by atoms with Crippen molar-refractivity contribution in [3.8, 4) is 0 Å². The molecule has 1 aliphatic heterocycles. The normalized spacial score (nSPS) is 16.5. The molecule has 4 nitrogen and oxygen atoms in total. The van der Waals surface area contributed by atoms with E-state index in [2.05, 4.69) is 15.6 Å². The summed E-state index contributed by atoms with van der Waals surface area (Å²) in [6.07, 6.45) is 2.47. The first-order valence-electron chi connectivity index (χ1n) is 6.35. The third kappa shape index (κ3) is 2.57. The Labute approximate surface area is 111 Å². The zero-order valence-electron chi connectivity index (χ0n) is 10.5. The molecule has 4 heteroatoms. The first-order valence-corrected chi connectivity index (χ1v) is 6.35. The van der Waals surface area contributed by atoms with E-state index in [1.807, 2.05) is 42.5 Å². The van der Waals surface area contributed by atoms with Crippen LogP contribution in [0.2, 0.25) is 0 Å². The van der Waals surface area contributed by atoms with Gasteiger partial charge in [-0.25, -0.2) is 0 Å². The number of hydrogen-bond acceptors (Lipinski definition) is 3. The van der Waals surface area contributed by atoms with Gasteiger partial charge in [0.05, 0.1) is 12.2 Å². The minimum absolute atomic E-state index is 0.0156. The van der Waals surface area contributed by atoms with E-state index in [0.29, 0.717) is 6.54 Å². The van der Waals surface area contributed by atoms with Crippen molar-refractivity contribution < 1.29 is 4.79 Å². The molecule has 0 unspecified atom stereocenters. The molecular weight excluding hydrogens is 238 g/mol. The Bertz CT molecular complexity index is 558. The maximum atomic E-state index is 12.1. The number of hydrogen-bond donors (Lipinski definition) is 2. The van der Waals surface area contributed by atoms with Crippen LogP contribution >= 0.6 is 0 Å². The highest BCUT2D eigenvalue weighted by Crippen LogP contribution is 2.24. The summed E-state index contributed by atoms with van der Waals surface area (Å²) in [5.41, 5.74) is 3.12. The minimum atomic E-state index is -0.180. The first kappa shape index (κ1) is 11.7. The Balaban J connectivity index is 1.58. The maximum absolute atomic E-state index is 12.1. The summed E-state index contributed by atoms with van der Waals surface area (Å²) in [5, 5.41) is 6.15. The lowest BCUT2D eigenvalue weighted by Gasteiger charge is -2.11. The molecule has 2 N–H and O–H groups in total. The number of rotatable bonds is 3. The van der Waals surface area contributed by atoms with Crippen molar-refractivity contribution in [2.24, 2.45) is 0 Å². The Morgan fingerprint density at radius 2 is 2.11 bits per heavy atom. The smallest absolute Gasteiger partial charge is 0.243 e. The van der Waals surface area contributed by atoms with Crippen molar-refractivity contribution >= 4 is 11.6 Å². The van der Waals surface area contributed by atoms with E-state index in [-0.39, 0.29) is 11.9 Å². The Hall–Kier alpha value is -2.36. The highest BCUT2D eigenvalue weighted by molar-refractivity contribution is 5.87. The maximum Gasteiger partial charge on any atom is 0.243 e. The number of fused-ring (bicyclic) bond motifs is 1. The number of amides is 1. The zero-order chi connectivity index (χ0) is 13.1. The average molecular weight is 253 g/mol. The van der Waals surface area contributed by atoms with Gasteiger partial charge in [0.25, 0.3) is 0 Å². The molecule has 0 radical (unpaired) electrons. The second kappa shape index (κ2) is 5.10. The van der Waals surface area contributed by atoms with Gasteiger partial charge in [0, 0.05) is 18.3 Å². The molecule has 1 aliphatic rings. The van der Waals surface area contributed by atoms with Crippen LogP contribution in [-0.2, 0) is 17.8 Å². The number of nitrogens with zero attached hydrogens (tertiary/aromatic N) is 1. The van der Waals surface area contributed by atoms with Crippen molar-refractivity contribution in [2.75, 3.05) is 5.32 Å². The number of para-hydroxylation sites is 1. The standard InChI is InChI=1S/C15H15N3O/c19-15(17-10-12-6-3-4-8-16-12)14-9-11-5-1-2-7-13(11)18-14/h1-8,14,18H,9-10H2,(H,17,19)/t14-/m0/s1. The number of nitrogens with one attached hydrogen (secondary N) is 2. The van der Waals surface area contributed by atoms with Crippen LogP contribution in [0.4, 0.5) is 5.69 Å². The van der Waals surface area contributed by atoms with Crippen LogP contribution < -0.4 is 10.6 Å². The van der Waals surface area contributed by atoms with E-state index < -0.39 is 0 Å². The molecule has 0 fully saturated rings. The fraction of sp³-hybridized carbons (Fsp3) is 0.200. The fourth-order valence-electron chi connectivity index (χ4n) is 2.26. The molecule has 0 saturated heterocycles.